The van der Waals surface area contributed by atoms with E-state index in [1.165, 1.54) is 12.2 Å². The predicted molar refractivity (Wildman–Crippen MR) is 72.1 cm³/mol. The van der Waals surface area contributed by atoms with Crippen LogP contribution in [0.25, 0.3) is 0 Å². The number of nitrogens with two attached hydrogens (primary N) is 1. The Morgan fingerprint density at radius 1 is 1.50 bits per heavy atom. The normalized spacial score (nSPS) is 26.6. The van der Waals surface area contributed by atoms with E-state index in [0.29, 0.717) is 6.54 Å². The van der Waals surface area contributed by atoms with E-state index in [2.05, 4.69) is 30.5 Å². The summed E-state index contributed by atoms with van der Waals surface area (Å²) in [5.74, 6) is 1.23. The molecule has 0 spiro atoms. The highest BCUT2D eigenvalue weighted by atomic mass is 32.2. The molecule has 2 unspecified atom stereocenters. The summed E-state index contributed by atoms with van der Waals surface area (Å²) >= 11 is 2.10. The van der Waals surface area contributed by atoms with Crippen molar-refractivity contribution in [3.63, 3.8) is 0 Å². The molecule has 0 bridgehead atoms. The van der Waals surface area contributed by atoms with Gasteiger partial charge in [0.2, 0.25) is 0 Å². The zero-order valence-corrected chi connectivity index (χ0v) is 11.7. The summed E-state index contributed by atoms with van der Waals surface area (Å²) < 4.78 is 5.38. The SMILES string of the molecule is CCC1CN(C(CC)(CN)COC)CCS1. The lowest BCUT2D eigenvalue weighted by atomic mass is 9.94. The molecule has 0 amide bonds. The van der Waals surface area contributed by atoms with Gasteiger partial charge in [-0.05, 0) is 12.8 Å². The fourth-order valence-corrected chi connectivity index (χ4v) is 3.60. The summed E-state index contributed by atoms with van der Waals surface area (Å²) in [5, 5.41) is 0.767. The third kappa shape index (κ3) is 3.13. The van der Waals surface area contributed by atoms with Gasteiger partial charge in [0.15, 0.2) is 0 Å². The molecule has 1 rings (SSSR count). The quantitative estimate of drug-likeness (QED) is 0.772. The first-order chi connectivity index (χ1) is 7.72. The summed E-state index contributed by atoms with van der Waals surface area (Å²) in [5.41, 5.74) is 6.05. The van der Waals surface area contributed by atoms with Gasteiger partial charge < -0.3 is 10.5 Å². The molecule has 0 aliphatic carbocycles. The molecular formula is C12H26N2OS. The summed E-state index contributed by atoms with van der Waals surface area (Å²) in [6.45, 7) is 8.24. The Balaban J connectivity index is 2.69. The van der Waals surface area contributed by atoms with Crippen molar-refractivity contribution >= 4 is 11.8 Å². The fourth-order valence-electron chi connectivity index (χ4n) is 2.42. The van der Waals surface area contributed by atoms with Crippen LogP contribution in [0, 0.1) is 0 Å². The molecule has 1 aliphatic rings. The first kappa shape index (κ1) is 14.3. The average Bonchev–Trinajstić information content (AvgIpc) is 2.36. The van der Waals surface area contributed by atoms with Crippen LogP contribution in [0.3, 0.4) is 0 Å². The second-order valence-corrected chi connectivity index (χ2v) is 5.97. The lowest BCUT2D eigenvalue weighted by molar-refractivity contribution is 0.0136. The molecule has 1 aliphatic heterocycles. The molecule has 4 heteroatoms. The van der Waals surface area contributed by atoms with Crippen LogP contribution in [0.15, 0.2) is 0 Å². The first-order valence-corrected chi connectivity index (χ1v) is 7.33. The maximum atomic E-state index is 5.99. The molecule has 3 nitrogen and oxygen atoms in total. The van der Waals surface area contributed by atoms with Crippen molar-refractivity contribution in [1.82, 2.24) is 4.90 Å². The Morgan fingerprint density at radius 2 is 2.25 bits per heavy atom. The molecule has 0 aromatic heterocycles. The second kappa shape index (κ2) is 6.84. The Labute approximate surface area is 104 Å². The van der Waals surface area contributed by atoms with Crippen molar-refractivity contribution in [2.45, 2.75) is 37.5 Å². The van der Waals surface area contributed by atoms with Gasteiger partial charge in [-0.3, -0.25) is 4.90 Å². The van der Waals surface area contributed by atoms with Crippen LogP contribution in [0.5, 0.6) is 0 Å². The van der Waals surface area contributed by atoms with E-state index < -0.39 is 0 Å². The third-order valence-corrected chi connectivity index (χ3v) is 5.09. The zero-order chi connectivity index (χ0) is 12.0. The van der Waals surface area contributed by atoms with Gasteiger partial charge in [-0.1, -0.05) is 13.8 Å². The Kier molecular flexibility index (Phi) is 6.11. The van der Waals surface area contributed by atoms with E-state index >= 15 is 0 Å². The molecule has 2 N–H and O–H groups in total. The second-order valence-electron chi connectivity index (χ2n) is 4.56. The van der Waals surface area contributed by atoms with Gasteiger partial charge in [-0.2, -0.15) is 11.8 Å². The summed E-state index contributed by atoms with van der Waals surface area (Å²) in [4.78, 5) is 2.56. The van der Waals surface area contributed by atoms with Gasteiger partial charge in [0, 0.05) is 37.7 Å². The number of hydrogen-bond acceptors (Lipinski definition) is 4. The molecule has 16 heavy (non-hydrogen) atoms. The van der Waals surface area contributed by atoms with Crippen LogP contribution in [0.1, 0.15) is 26.7 Å². The van der Waals surface area contributed by atoms with E-state index in [0.717, 1.165) is 31.4 Å². The Bertz CT molecular complexity index is 197. The maximum Gasteiger partial charge on any atom is 0.0658 e. The van der Waals surface area contributed by atoms with Crippen LogP contribution >= 0.6 is 11.8 Å². The lowest BCUT2D eigenvalue weighted by Crippen LogP contribution is -2.60. The molecule has 1 heterocycles. The monoisotopic (exact) mass is 246 g/mol. The lowest BCUT2D eigenvalue weighted by Gasteiger charge is -2.46. The topological polar surface area (TPSA) is 38.5 Å². The van der Waals surface area contributed by atoms with Gasteiger partial charge >= 0.3 is 0 Å². The highest BCUT2D eigenvalue weighted by Gasteiger charge is 2.36. The minimum absolute atomic E-state index is 0.0587. The predicted octanol–water partition coefficient (Wildman–Crippen LogP) is 1.57. The molecule has 0 radical (unpaired) electrons. The van der Waals surface area contributed by atoms with Gasteiger partial charge in [-0.25, -0.2) is 0 Å². The molecule has 1 saturated heterocycles. The highest BCUT2D eigenvalue weighted by Crippen LogP contribution is 2.28. The fraction of sp³-hybridized carbons (Fsp3) is 1.00. The summed E-state index contributed by atoms with van der Waals surface area (Å²) in [6, 6.07) is 0. The molecule has 2 atom stereocenters. The first-order valence-electron chi connectivity index (χ1n) is 6.28. The third-order valence-electron chi connectivity index (χ3n) is 3.72. The van der Waals surface area contributed by atoms with Gasteiger partial charge in [0.25, 0.3) is 0 Å². The van der Waals surface area contributed by atoms with E-state index in [1.807, 2.05) is 0 Å². The van der Waals surface area contributed by atoms with Crippen molar-refractivity contribution in [2.75, 3.05) is 39.1 Å². The van der Waals surface area contributed by atoms with Crippen molar-refractivity contribution in [2.24, 2.45) is 5.73 Å². The van der Waals surface area contributed by atoms with Crippen molar-refractivity contribution in [1.29, 1.82) is 0 Å². The standard InChI is InChI=1S/C12H26N2OS/c1-4-11-8-14(6-7-16-11)12(5-2,9-13)10-15-3/h11H,4-10,13H2,1-3H3. The largest absolute Gasteiger partial charge is 0.383 e. The Morgan fingerprint density at radius 3 is 2.75 bits per heavy atom. The summed E-state index contributed by atoms with van der Waals surface area (Å²) in [7, 11) is 1.77. The molecule has 0 saturated carbocycles. The number of nitrogens with zero attached hydrogens (tertiary/aromatic N) is 1. The average molecular weight is 246 g/mol. The number of rotatable bonds is 6. The number of methoxy groups -OCH3 is 1. The van der Waals surface area contributed by atoms with Crippen LogP contribution in [-0.4, -0.2) is 54.8 Å². The van der Waals surface area contributed by atoms with Crippen LogP contribution < -0.4 is 5.73 Å². The van der Waals surface area contributed by atoms with Gasteiger partial charge in [-0.15, -0.1) is 0 Å². The van der Waals surface area contributed by atoms with Crippen molar-refractivity contribution in [3.05, 3.63) is 0 Å². The van der Waals surface area contributed by atoms with Crippen molar-refractivity contribution in [3.8, 4) is 0 Å². The van der Waals surface area contributed by atoms with Crippen molar-refractivity contribution < 1.29 is 4.74 Å². The number of thioether (sulfide) groups is 1. The zero-order valence-electron chi connectivity index (χ0n) is 10.9. The summed E-state index contributed by atoms with van der Waals surface area (Å²) in [6.07, 6.45) is 2.32. The molecular weight excluding hydrogens is 220 g/mol. The minimum Gasteiger partial charge on any atom is -0.383 e. The minimum atomic E-state index is 0.0587. The van der Waals surface area contributed by atoms with E-state index in [1.54, 1.807) is 7.11 Å². The number of hydrogen-bond donors (Lipinski definition) is 1. The van der Waals surface area contributed by atoms with Crippen LogP contribution in [-0.2, 0) is 4.74 Å². The van der Waals surface area contributed by atoms with Crippen LogP contribution in [0.4, 0.5) is 0 Å². The van der Waals surface area contributed by atoms with Crippen LogP contribution in [0.2, 0.25) is 0 Å². The van der Waals surface area contributed by atoms with E-state index in [9.17, 15) is 0 Å². The van der Waals surface area contributed by atoms with E-state index in [-0.39, 0.29) is 5.54 Å². The molecule has 0 aromatic carbocycles. The molecule has 1 fully saturated rings. The molecule has 0 aromatic rings. The van der Waals surface area contributed by atoms with Gasteiger partial charge in [0.05, 0.1) is 12.1 Å². The smallest absolute Gasteiger partial charge is 0.0658 e. The maximum absolute atomic E-state index is 5.99. The van der Waals surface area contributed by atoms with E-state index in [4.69, 9.17) is 10.5 Å². The Hall–Kier alpha value is 0.230. The van der Waals surface area contributed by atoms with Gasteiger partial charge in [0.1, 0.15) is 0 Å². The highest BCUT2D eigenvalue weighted by molar-refractivity contribution is 8.00. The molecule has 96 valence electrons. The number of ether oxygens (including phenoxy) is 1.